The number of hydrogen-bond acceptors (Lipinski definition) is 4. The van der Waals surface area contributed by atoms with Crippen molar-refractivity contribution in [3.05, 3.63) is 58.3 Å². The minimum absolute atomic E-state index is 0.135. The molecule has 2 atom stereocenters. The zero-order chi connectivity index (χ0) is 17.2. The number of fused-ring (bicyclic) bond motifs is 2. The highest BCUT2D eigenvalue weighted by molar-refractivity contribution is 6.21. The van der Waals surface area contributed by atoms with Crippen LogP contribution in [0.4, 0.5) is 0 Å². The zero-order valence-electron chi connectivity index (χ0n) is 13.5. The molecule has 0 spiro atoms. The van der Waals surface area contributed by atoms with E-state index >= 15 is 0 Å². The molecule has 0 radical (unpaired) electrons. The van der Waals surface area contributed by atoms with E-state index in [1.807, 2.05) is 30.3 Å². The maximum absolute atomic E-state index is 12.0. The number of ether oxygens (including phenoxy) is 1. The first kappa shape index (κ1) is 14.6. The average molecular weight is 332 g/mol. The Hall–Kier alpha value is -2.68. The van der Waals surface area contributed by atoms with Crippen LogP contribution in [-0.2, 0) is 15.1 Å². The molecular weight excluding hydrogens is 316 g/mol. The molecule has 1 aromatic carbocycles. The van der Waals surface area contributed by atoms with Crippen LogP contribution in [0.5, 0.6) is 0 Å². The van der Waals surface area contributed by atoms with Crippen LogP contribution in [0.15, 0.2) is 41.6 Å². The molecule has 5 rings (SSSR count). The smallest absolute Gasteiger partial charge is 0.267 e. The van der Waals surface area contributed by atoms with Crippen LogP contribution in [0.3, 0.4) is 0 Å². The molecule has 4 aliphatic rings. The second-order valence-electron chi connectivity index (χ2n) is 6.85. The van der Waals surface area contributed by atoms with Crippen molar-refractivity contribution in [3.8, 4) is 6.07 Å². The SMILES string of the molecule is N#CC1=C2C(=C3C=CC(O)(C4CCCCO4)c4cccc2c43)NC1=O. The van der Waals surface area contributed by atoms with Gasteiger partial charge in [0.05, 0.1) is 11.8 Å². The Morgan fingerprint density at radius 2 is 2.24 bits per heavy atom. The van der Waals surface area contributed by atoms with Crippen LogP contribution in [0.1, 0.15) is 36.0 Å². The van der Waals surface area contributed by atoms with E-state index in [0.29, 0.717) is 17.9 Å². The predicted octanol–water partition coefficient (Wildman–Crippen LogP) is 2.14. The Morgan fingerprint density at radius 1 is 1.36 bits per heavy atom. The number of benzene rings is 1. The molecule has 1 fully saturated rings. The molecule has 0 bridgehead atoms. The van der Waals surface area contributed by atoms with Crippen LogP contribution in [-0.4, -0.2) is 23.7 Å². The van der Waals surface area contributed by atoms with E-state index in [0.717, 1.165) is 41.5 Å². The second kappa shape index (κ2) is 4.92. The van der Waals surface area contributed by atoms with Gasteiger partial charge in [0.2, 0.25) is 0 Å². The van der Waals surface area contributed by atoms with Crippen LogP contribution >= 0.6 is 0 Å². The molecular formula is C20H16N2O3. The molecule has 2 N–H and O–H groups in total. The summed E-state index contributed by atoms with van der Waals surface area (Å²) >= 11 is 0. The van der Waals surface area contributed by atoms with E-state index in [2.05, 4.69) is 5.32 Å². The van der Waals surface area contributed by atoms with Gasteiger partial charge >= 0.3 is 0 Å². The normalized spacial score (nSPS) is 29.4. The van der Waals surface area contributed by atoms with Crippen molar-refractivity contribution in [3.63, 3.8) is 0 Å². The maximum Gasteiger partial charge on any atom is 0.267 e. The summed E-state index contributed by atoms with van der Waals surface area (Å²) in [4.78, 5) is 12.0. The minimum atomic E-state index is -1.19. The monoisotopic (exact) mass is 332 g/mol. The lowest BCUT2D eigenvalue weighted by Crippen LogP contribution is -2.43. The third-order valence-corrected chi connectivity index (χ3v) is 5.56. The molecule has 1 aromatic rings. The summed E-state index contributed by atoms with van der Waals surface area (Å²) in [5.74, 6) is -0.360. The van der Waals surface area contributed by atoms with Crippen molar-refractivity contribution in [2.24, 2.45) is 0 Å². The molecule has 2 unspecified atom stereocenters. The largest absolute Gasteiger partial charge is 0.378 e. The summed E-state index contributed by atoms with van der Waals surface area (Å²) in [5, 5.41) is 23.6. The van der Waals surface area contributed by atoms with Crippen LogP contribution in [0.25, 0.3) is 11.1 Å². The lowest BCUT2D eigenvalue weighted by Gasteiger charge is -2.39. The Balaban J connectivity index is 1.75. The summed E-state index contributed by atoms with van der Waals surface area (Å²) < 4.78 is 5.87. The predicted molar refractivity (Wildman–Crippen MR) is 90.7 cm³/mol. The topological polar surface area (TPSA) is 82.3 Å². The van der Waals surface area contributed by atoms with Gasteiger partial charge in [-0.1, -0.05) is 24.3 Å². The third kappa shape index (κ3) is 1.76. The van der Waals surface area contributed by atoms with Crippen molar-refractivity contribution in [1.29, 1.82) is 5.26 Å². The van der Waals surface area contributed by atoms with Crippen LogP contribution in [0.2, 0.25) is 0 Å². The molecule has 1 amide bonds. The Labute approximate surface area is 144 Å². The summed E-state index contributed by atoms with van der Waals surface area (Å²) in [6.07, 6.45) is 6.20. The fourth-order valence-electron chi connectivity index (χ4n) is 4.40. The van der Waals surface area contributed by atoms with Gasteiger partial charge in [0.25, 0.3) is 5.91 Å². The molecule has 124 valence electrons. The van der Waals surface area contributed by atoms with Crippen molar-refractivity contribution in [2.75, 3.05) is 6.61 Å². The van der Waals surface area contributed by atoms with Gasteiger partial charge in [-0.05, 0) is 42.0 Å². The number of aliphatic hydroxyl groups is 1. The summed E-state index contributed by atoms with van der Waals surface area (Å²) in [5.41, 5.74) is 3.65. The lowest BCUT2D eigenvalue weighted by molar-refractivity contribution is -0.115. The number of nitriles is 1. The van der Waals surface area contributed by atoms with Gasteiger partial charge in [-0.2, -0.15) is 5.26 Å². The van der Waals surface area contributed by atoms with Gasteiger partial charge < -0.3 is 15.2 Å². The van der Waals surface area contributed by atoms with Gasteiger partial charge in [0, 0.05) is 17.8 Å². The van der Waals surface area contributed by atoms with Gasteiger partial charge in [0.15, 0.2) is 0 Å². The highest BCUT2D eigenvalue weighted by atomic mass is 16.5. The standard InChI is InChI=1S/C20H16N2O3/c21-10-13-17-11-4-3-5-14-16(11)12(18(17)22-19(13)23)7-8-20(14,24)15-6-1-2-9-25-15/h3-5,7-8,15,24H,1-2,6,9H2,(H,22,23). The second-order valence-corrected chi connectivity index (χ2v) is 6.85. The third-order valence-electron chi connectivity index (χ3n) is 5.56. The van der Waals surface area contributed by atoms with E-state index in [-0.39, 0.29) is 17.6 Å². The molecule has 5 nitrogen and oxygen atoms in total. The van der Waals surface area contributed by atoms with E-state index < -0.39 is 5.60 Å². The number of carbonyl (C=O) groups excluding carboxylic acids is 1. The van der Waals surface area contributed by atoms with Crippen molar-refractivity contribution < 1.29 is 14.6 Å². The van der Waals surface area contributed by atoms with E-state index in [1.165, 1.54) is 0 Å². The zero-order valence-corrected chi connectivity index (χ0v) is 13.5. The highest BCUT2D eigenvalue weighted by Gasteiger charge is 2.46. The van der Waals surface area contributed by atoms with E-state index in [1.54, 1.807) is 6.08 Å². The number of amides is 1. The first-order valence-corrected chi connectivity index (χ1v) is 8.53. The van der Waals surface area contributed by atoms with Crippen molar-refractivity contribution in [1.82, 2.24) is 5.32 Å². The molecule has 2 aliphatic heterocycles. The summed E-state index contributed by atoms with van der Waals surface area (Å²) in [6, 6.07) is 7.70. The number of hydrogen-bond donors (Lipinski definition) is 2. The summed E-state index contributed by atoms with van der Waals surface area (Å²) in [7, 11) is 0. The molecule has 5 heteroatoms. The molecule has 1 saturated heterocycles. The van der Waals surface area contributed by atoms with Crippen LogP contribution < -0.4 is 5.32 Å². The number of nitrogens with zero attached hydrogens (tertiary/aromatic N) is 1. The number of nitrogens with one attached hydrogen (secondary N) is 1. The first-order valence-electron chi connectivity index (χ1n) is 8.53. The van der Waals surface area contributed by atoms with Gasteiger partial charge in [-0.3, -0.25) is 4.79 Å². The quantitative estimate of drug-likeness (QED) is 0.825. The van der Waals surface area contributed by atoms with E-state index in [9.17, 15) is 15.2 Å². The van der Waals surface area contributed by atoms with Gasteiger partial charge in [0.1, 0.15) is 17.2 Å². The fourth-order valence-corrected chi connectivity index (χ4v) is 4.40. The Bertz CT molecular complexity index is 958. The Morgan fingerprint density at radius 3 is 3.00 bits per heavy atom. The fraction of sp³-hybridized carbons (Fsp3) is 0.300. The maximum atomic E-state index is 12.0. The first-order chi connectivity index (χ1) is 12.1. The number of allylic oxidation sites excluding steroid dienone is 3. The van der Waals surface area contributed by atoms with Gasteiger partial charge in [-0.15, -0.1) is 0 Å². The Kier molecular flexibility index (Phi) is 2.88. The molecule has 0 aromatic heterocycles. The highest BCUT2D eigenvalue weighted by Crippen LogP contribution is 2.52. The molecule has 2 aliphatic carbocycles. The van der Waals surface area contributed by atoms with Crippen molar-refractivity contribution >= 4 is 17.1 Å². The molecule has 0 saturated carbocycles. The number of carbonyl (C=O) groups is 1. The van der Waals surface area contributed by atoms with Gasteiger partial charge in [-0.25, -0.2) is 0 Å². The number of rotatable bonds is 1. The van der Waals surface area contributed by atoms with Crippen LogP contribution in [0, 0.1) is 11.3 Å². The minimum Gasteiger partial charge on any atom is -0.378 e. The van der Waals surface area contributed by atoms with E-state index in [4.69, 9.17) is 4.74 Å². The molecule has 2 heterocycles. The summed E-state index contributed by atoms with van der Waals surface area (Å²) in [6.45, 7) is 0.656. The average Bonchev–Trinajstić information content (AvgIpc) is 3.13. The molecule has 25 heavy (non-hydrogen) atoms. The lowest BCUT2D eigenvalue weighted by atomic mass is 9.76. The van der Waals surface area contributed by atoms with Crippen molar-refractivity contribution in [2.45, 2.75) is 31.0 Å².